The van der Waals surface area contributed by atoms with E-state index in [1.165, 1.54) is 5.56 Å². The quantitative estimate of drug-likeness (QED) is 0.798. The third-order valence-corrected chi connectivity index (χ3v) is 4.13. The first kappa shape index (κ1) is 15.8. The van der Waals surface area contributed by atoms with Crippen molar-refractivity contribution in [3.05, 3.63) is 34.3 Å². The number of benzene rings is 1. The molecule has 1 fully saturated rings. The number of carbonyl (C=O) groups excluding carboxylic acids is 1. The van der Waals surface area contributed by atoms with Crippen LogP contribution in [-0.2, 0) is 4.79 Å². The molecule has 1 aliphatic heterocycles. The van der Waals surface area contributed by atoms with Gasteiger partial charge in [0, 0.05) is 36.4 Å². The molecule has 0 radical (unpaired) electrons. The first-order valence-corrected chi connectivity index (χ1v) is 7.85. The van der Waals surface area contributed by atoms with Gasteiger partial charge < -0.3 is 15.3 Å². The van der Waals surface area contributed by atoms with E-state index in [0.717, 1.165) is 17.4 Å². The molecule has 0 aromatic heterocycles. The zero-order valence-corrected chi connectivity index (χ0v) is 13.3. The van der Waals surface area contributed by atoms with Gasteiger partial charge in [0.15, 0.2) is 0 Å². The summed E-state index contributed by atoms with van der Waals surface area (Å²) >= 11 is 3.47. The van der Waals surface area contributed by atoms with Crippen LogP contribution in [0, 0.1) is 0 Å². The van der Waals surface area contributed by atoms with E-state index in [1.54, 1.807) is 4.90 Å². The highest BCUT2D eigenvalue weighted by molar-refractivity contribution is 9.10. The molecule has 0 spiro atoms. The van der Waals surface area contributed by atoms with Crippen LogP contribution in [0.1, 0.15) is 30.7 Å². The third-order valence-electron chi connectivity index (χ3n) is 3.64. The minimum absolute atomic E-state index is 0.0843. The average Bonchev–Trinajstić information content (AvgIpc) is 2.93. The first-order chi connectivity index (χ1) is 10.1. The molecule has 2 rings (SSSR count). The van der Waals surface area contributed by atoms with Crippen LogP contribution < -0.4 is 5.32 Å². The third kappa shape index (κ3) is 4.74. The van der Waals surface area contributed by atoms with Crippen molar-refractivity contribution >= 4 is 27.9 Å². The largest absolute Gasteiger partial charge is 0.481 e. The van der Waals surface area contributed by atoms with Crippen LogP contribution in [0.5, 0.6) is 0 Å². The minimum Gasteiger partial charge on any atom is -0.481 e. The van der Waals surface area contributed by atoms with Crippen molar-refractivity contribution in [3.63, 3.8) is 0 Å². The molecule has 0 bridgehead atoms. The molecule has 5 nitrogen and oxygen atoms in total. The minimum atomic E-state index is -0.833. The lowest BCUT2D eigenvalue weighted by Crippen LogP contribution is -2.38. The summed E-state index contributed by atoms with van der Waals surface area (Å²) in [6, 6.07) is 8.08. The normalized spacial score (nSPS) is 17.8. The predicted octanol–water partition coefficient (Wildman–Crippen LogP) is 2.81. The smallest absolute Gasteiger partial charge is 0.317 e. The summed E-state index contributed by atoms with van der Waals surface area (Å²) in [4.78, 5) is 24.2. The lowest BCUT2D eigenvalue weighted by molar-refractivity contribution is -0.137. The Morgan fingerprint density at radius 3 is 2.95 bits per heavy atom. The molecule has 1 saturated heterocycles. The van der Waals surface area contributed by atoms with Gasteiger partial charge in [-0.25, -0.2) is 4.79 Å². The monoisotopic (exact) mass is 354 g/mol. The SMILES string of the molecule is O=C(O)CCCNC(=O)N1CCC(c2cccc(Br)c2)C1. The van der Waals surface area contributed by atoms with Gasteiger partial charge in [-0.3, -0.25) is 4.79 Å². The van der Waals surface area contributed by atoms with Gasteiger partial charge in [0.2, 0.25) is 0 Å². The van der Waals surface area contributed by atoms with Crippen molar-refractivity contribution in [3.8, 4) is 0 Å². The second kappa shape index (κ2) is 7.45. The van der Waals surface area contributed by atoms with E-state index in [4.69, 9.17) is 5.11 Å². The van der Waals surface area contributed by atoms with E-state index >= 15 is 0 Å². The molecule has 6 heteroatoms. The maximum Gasteiger partial charge on any atom is 0.317 e. The van der Waals surface area contributed by atoms with Gasteiger partial charge >= 0.3 is 12.0 Å². The molecule has 1 heterocycles. The summed E-state index contributed by atoms with van der Waals surface area (Å²) in [5.41, 5.74) is 1.24. The number of carboxylic acid groups (broad SMARTS) is 1. The highest BCUT2D eigenvalue weighted by atomic mass is 79.9. The fourth-order valence-electron chi connectivity index (χ4n) is 2.52. The number of carbonyl (C=O) groups is 2. The van der Waals surface area contributed by atoms with Gasteiger partial charge in [0.05, 0.1) is 0 Å². The number of amides is 2. The van der Waals surface area contributed by atoms with E-state index in [2.05, 4.69) is 33.4 Å². The fourth-order valence-corrected chi connectivity index (χ4v) is 2.94. The molecule has 1 aromatic rings. The Bertz CT molecular complexity index is 521. The fraction of sp³-hybridized carbons (Fsp3) is 0.467. The maximum absolute atomic E-state index is 12.0. The van der Waals surface area contributed by atoms with Crippen molar-refractivity contribution in [2.24, 2.45) is 0 Å². The molecule has 1 aliphatic rings. The Balaban J connectivity index is 1.79. The maximum atomic E-state index is 12.0. The van der Waals surface area contributed by atoms with Gasteiger partial charge in [-0.2, -0.15) is 0 Å². The molecule has 0 saturated carbocycles. The number of rotatable bonds is 5. The summed E-state index contributed by atoms with van der Waals surface area (Å²) in [7, 11) is 0. The highest BCUT2D eigenvalue weighted by Crippen LogP contribution is 2.28. The van der Waals surface area contributed by atoms with Gasteiger partial charge in [0.25, 0.3) is 0 Å². The lowest BCUT2D eigenvalue weighted by Gasteiger charge is -2.17. The van der Waals surface area contributed by atoms with Crippen LogP contribution >= 0.6 is 15.9 Å². The molecule has 1 unspecified atom stereocenters. The van der Waals surface area contributed by atoms with Gasteiger partial charge in [0.1, 0.15) is 0 Å². The van der Waals surface area contributed by atoms with E-state index in [-0.39, 0.29) is 12.5 Å². The van der Waals surface area contributed by atoms with E-state index in [9.17, 15) is 9.59 Å². The molecule has 2 amide bonds. The average molecular weight is 355 g/mol. The Hall–Kier alpha value is -1.56. The number of nitrogens with zero attached hydrogens (tertiary/aromatic N) is 1. The van der Waals surface area contributed by atoms with Crippen molar-refractivity contribution < 1.29 is 14.7 Å². The van der Waals surface area contributed by atoms with Crippen molar-refractivity contribution in [2.45, 2.75) is 25.2 Å². The second-order valence-corrected chi connectivity index (χ2v) is 6.13. The Labute approximate surface area is 132 Å². The molecular formula is C15H19BrN2O3. The Morgan fingerprint density at radius 2 is 2.24 bits per heavy atom. The van der Waals surface area contributed by atoms with Crippen LogP contribution in [0.25, 0.3) is 0 Å². The van der Waals surface area contributed by atoms with Gasteiger partial charge in [-0.1, -0.05) is 28.1 Å². The second-order valence-electron chi connectivity index (χ2n) is 5.22. The number of carboxylic acids is 1. The van der Waals surface area contributed by atoms with Crippen molar-refractivity contribution in [1.29, 1.82) is 0 Å². The number of nitrogens with one attached hydrogen (secondary N) is 1. The van der Waals surface area contributed by atoms with Crippen molar-refractivity contribution in [1.82, 2.24) is 10.2 Å². The van der Waals surface area contributed by atoms with Gasteiger partial charge in [-0.15, -0.1) is 0 Å². The number of hydrogen-bond acceptors (Lipinski definition) is 2. The summed E-state index contributed by atoms with van der Waals surface area (Å²) < 4.78 is 1.05. The standard InChI is InChI=1S/C15H19BrN2O3/c16-13-4-1-3-11(9-13)12-6-8-18(10-12)15(21)17-7-2-5-14(19)20/h1,3-4,9,12H,2,5-8,10H2,(H,17,21)(H,19,20). The summed E-state index contributed by atoms with van der Waals surface area (Å²) in [5, 5.41) is 11.3. The zero-order valence-electron chi connectivity index (χ0n) is 11.7. The van der Waals surface area contributed by atoms with E-state index in [1.807, 2.05) is 12.1 Å². The van der Waals surface area contributed by atoms with E-state index < -0.39 is 5.97 Å². The molecule has 21 heavy (non-hydrogen) atoms. The van der Waals surface area contributed by atoms with Crippen LogP contribution in [0.4, 0.5) is 4.79 Å². The topological polar surface area (TPSA) is 69.6 Å². The van der Waals surface area contributed by atoms with Crippen molar-refractivity contribution in [2.75, 3.05) is 19.6 Å². The molecule has 2 N–H and O–H groups in total. The summed E-state index contributed by atoms with van der Waals surface area (Å²) in [6.07, 6.45) is 1.50. The van der Waals surface area contributed by atoms with Gasteiger partial charge in [-0.05, 0) is 30.5 Å². The Kier molecular flexibility index (Phi) is 5.61. The molecular weight excluding hydrogens is 336 g/mol. The molecule has 0 aliphatic carbocycles. The van der Waals surface area contributed by atoms with Crippen LogP contribution in [0.3, 0.4) is 0 Å². The van der Waals surface area contributed by atoms with Crippen LogP contribution in [0.15, 0.2) is 28.7 Å². The number of likely N-dealkylation sites (tertiary alicyclic amines) is 1. The zero-order chi connectivity index (χ0) is 15.2. The molecule has 1 aromatic carbocycles. The first-order valence-electron chi connectivity index (χ1n) is 7.06. The summed E-state index contributed by atoms with van der Waals surface area (Å²) in [5.74, 6) is -0.465. The van der Waals surface area contributed by atoms with E-state index in [0.29, 0.717) is 25.4 Å². The Morgan fingerprint density at radius 1 is 1.43 bits per heavy atom. The summed E-state index contributed by atoms with van der Waals surface area (Å²) in [6.45, 7) is 1.85. The number of urea groups is 1. The lowest BCUT2D eigenvalue weighted by atomic mass is 9.99. The number of halogens is 1. The predicted molar refractivity (Wildman–Crippen MR) is 83.3 cm³/mol. The number of aliphatic carboxylic acids is 1. The number of hydrogen-bond donors (Lipinski definition) is 2. The molecule has 114 valence electrons. The van der Waals surface area contributed by atoms with Crippen LogP contribution in [0.2, 0.25) is 0 Å². The highest BCUT2D eigenvalue weighted by Gasteiger charge is 2.27. The van der Waals surface area contributed by atoms with Crippen LogP contribution in [-0.4, -0.2) is 41.6 Å². The molecule has 1 atom stereocenters.